The van der Waals surface area contributed by atoms with Gasteiger partial charge in [0.25, 0.3) is 5.91 Å². The molecule has 144 valence electrons. The Labute approximate surface area is 163 Å². The lowest BCUT2D eigenvalue weighted by molar-refractivity contribution is -0.0246. The summed E-state index contributed by atoms with van der Waals surface area (Å²) in [5.41, 5.74) is 2.34. The van der Waals surface area contributed by atoms with Crippen LogP contribution in [0.4, 0.5) is 10.1 Å². The lowest BCUT2D eigenvalue weighted by atomic mass is 10.1. The van der Waals surface area contributed by atoms with Gasteiger partial charge in [-0.3, -0.25) is 9.78 Å². The van der Waals surface area contributed by atoms with Crippen LogP contribution in [-0.2, 0) is 4.74 Å². The van der Waals surface area contributed by atoms with Gasteiger partial charge in [-0.2, -0.15) is 0 Å². The van der Waals surface area contributed by atoms with Crippen molar-refractivity contribution in [3.8, 4) is 0 Å². The normalized spacial score (nSPS) is 17.0. The Morgan fingerprint density at radius 3 is 2.86 bits per heavy atom. The number of carbonyl (C=O) groups excluding carboxylic acids is 1. The zero-order chi connectivity index (χ0) is 19.7. The Bertz CT molecular complexity index is 1020. The van der Waals surface area contributed by atoms with Crippen molar-refractivity contribution in [3.63, 3.8) is 0 Å². The third-order valence-corrected chi connectivity index (χ3v) is 5.00. The molecule has 1 fully saturated rings. The van der Waals surface area contributed by atoms with Gasteiger partial charge >= 0.3 is 0 Å². The van der Waals surface area contributed by atoms with Crippen LogP contribution in [0.5, 0.6) is 0 Å². The third-order valence-electron chi connectivity index (χ3n) is 5.00. The first kappa shape index (κ1) is 18.4. The fourth-order valence-corrected chi connectivity index (χ4v) is 3.42. The summed E-state index contributed by atoms with van der Waals surface area (Å²) in [4.78, 5) is 21.2. The lowest BCUT2D eigenvalue weighted by Crippen LogP contribution is -2.42. The summed E-state index contributed by atoms with van der Waals surface area (Å²) in [6.07, 6.45) is 1.39. The molecule has 1 aliphatic heterocycles. The van der Waals surface area contributed by atoms with Gasteiger partial charge in [-0.05, 0) is 47.9 Å². The van der Waals surface area contributed by atoms with Crippen LogP contribution in [0.1, 0.15) is 22.2 Å². The molecule has 0 radical (unpaired) electrons. The molecule has 2 aromatic carbocycles. The van der Waals surface area contributed by atoms with E-state index in [1.54, 1.807) is 17.2 Å². The molecule has 1 aliphatic rings. The monoisotopic (exact) mass is 379 g/mol. The van der Waals surface area contributed by atoms with Crippen LogP contribution < -0.4 is 4.90 Å². The number of hydrogen-bond acceptors (Lipinski definition) is 4. The smallest absolute Gasteiger partial charge is 0.254 e. The van der Waals surface area contributed by atoms with Gasteiger partial charge in [-0.1, -0.05) is 6.07 Å². The van der Waals surface area contributed by atoms with Crippen LogP contribution in [0.2, 0.25) is 0 Å². The topological polar surface area (TPSA) is 45.7 Å². The Balaban J connectivity index is 1.56. The van der Waals surface area contributed by atoms with E-state index < -0.39 is 0 Å². The molecule has 28 heavy (non-hydrogen) atoms. The highest BCUT2D eigenvalue weighted by atomic mass is 19.1. The molecule has 1 unspecified atom stereocenters. The van der Waals surface area contributed by atoms with Gasteiger partial charge < -0.3 is 14.5 Å². The van der Waals surface area contributed by atoms with Crippen LogP contribution in [0, 0.1) is 5.82 Å². The second kappa shape index (κ2) is 7.56. The zero-order valence-corrected chi connectivity index (χ0v) is 15.9. The maximum absolute atomic E-state index is 13.5. The van der Waals surface area contributed by atoms with E-state index in [0.717, 1.165) is 16.5 Å². The molecule has 2 heterocycles. The van der Waals surface area contributed by atoms with Crippen LogP contribution in [0.3, 0.4) is 0 Å². The van der Waals surface area contributed by atoms with Crippen molar-refractivity contribution < 1.29 is 13.9 Å². The van der Waals surface area contributed by atoms with E-state index in [1.807, 2.05) is 49.3 Å². The number of carbonyl (C=O) groups is 1. The molecular weight excluding hydrogens is 357 g/mol. The maximum atomic E-state index is 13.5. The minimum atomic E-state index is -0.331. The second-order valence-electron chi connectivity index (χ2n) is 7.16. The van der Waals surface area contributed by atoms with Gasteiger partial charge in [0, 0.05) is 43.5 Å². The molecule has 1 aromatic heterocycles. The summed E-state index contributed by atoms with van der Waals surface area (Å²) in [5.74, 6) is -0.310. The largest absolute Gasteiger partial charge is 0.378 e. The first-order chi connectivity index (χ1) is 13.5. The van der Waals surface area contributed by atoms with Gasteiger partial charge in [0.05, 0.1) is 18.8 Å². The van der Waals surface area contributed by atoms with Crippen LogP contribution in [-0.4, -0.2) is 49.6 Å². The minimum Gasteiger partial charge on any atom is -0.378 e. The van der Waals surface area contributed by atoms with E-state index in [2.05, 4.69) is 4.98 Å². The number of ether oxygens (including phenoxy) is 1. The molecule has 3 aromatic rings. The fraction of sp³-hybridized carbons (Fsp3) is 0.273. The average molecular weight is 379 g/mol. The molecule has 4 rings (SSSR count). The van der Waals surface area contributed by atoms with Crippen LogP contribution in [0.15, 0.2) is 54.7 Å². The second-order valence-corrected chi connectivity index (χ2v) is 7.16. The molecule has 0 aliphatic carbocycles. The van der Waals surface area contributed by atoms with Gasteiger partial charge in [0.2, 0.25) is 0 Å². The Morgan fingerprint density at radius 2 is 2.04 bits per heavy atom. The zero-order valence-electron chi connectivity index (χ0n) is 15.9. The van der Waals surface area contributed by atoms with E-state index in [4.69, 9.17) is 4.74 Å². The predicted molar refractivity (Wildman–Crippen MR) is 107 cm³/mol. The molecular formula is C22H22FN3O2. The van der Waals surface area contributed by atoms with Crippen molar-refractivity contribution in [3.05, 3.63) is 71.8 Å². The molecule has 6 heteroatoms. The van der Waals surface area contributed by atoms with Crippen molar-refractivity contribution >= 4 is 22.4 Å². The maximum Gasteiger partial charge on any atom is 0.254 e. The summed E-state index contributed by atoms with van der Waals surface area (Å²) in [6.45, 7) is 1.38. The van der Waals surface area contributed by atoms with E-state index in [-0.39, 0.29) is 17.8 Å². The van der Waals surface area contributed by atoms with Crippen molar-refractivity contribution in [2.24, 2.45) is 0 Å². The van der Waals surface area contributed by atoms with Gasteiger partial charge in [-0.25, -0.2) is 4.39 Å². The highest BCUT2D eigenvalue weighted by Crippen LogP contribution is 2.25. The first-order valence-electron chi connectivity index (χ1n) is 9.25. The number of anilines is 1. The summed E-state index contributed by atoms with van der Waals surface area (Å²) < 4.78 is 19.4. The molecule has 1 amide bonds. The van der Waals surface area contributed by atoms with Crippen molar-refractivity contribution in [2.75, 3.05) is 38.7 Å². The number of pyridine rings is 1. The number of morpholine rings is 1. The van der Waals surface area contributed by atoms with Crippen LogP contribution >= 0.6 is 0 Å². The summed E-state index contributed by atoms with van der Waals surface area (Å²) in [7, 11) is 3.89. The molecule has 1 saturated heterocycles. The van der Waals surface area contributed by atoms with Gasteiger partial charge in [0.15, 0.2) is 0 Å². The lowest BCUT2D eigenvalue weighted by Gasteiger charge is -2.33. The number of rotatable bonds is 3. The summed E-state index contributed by atoms with van der Waals surface area (Å²) in [5, 5.41) is 1.64. The fourth-order valence-electron chi connectivity index (χ4n) is 3.42. The standard InChI is InChI=1S/C22H22FN3O2/c1-25(2)19-5-3-4-15(11-19)22(27)26-8-9-28-21(14-26)20-12-17-10-18(23)7-6-16(17)13-24-20/h3-7,10-13,21H,8-9,14H2,1-2H3. The Morgan fingerprint density at radius 1 is 1.18 bits per heavy atom. The Kier molecular flexibility index (Phi) is 4.96. The number of amides is 1. The minimum absolute atomic E-state index is 0.0242. The van der Waals surface area contributed by atoms with Crippen LogP contribution in [0.25, 0.3) is 10.8 Å². The van der Waals surface area contributed by atoms with Crippen molar-refractivity contribution in [2.45, 2.75) is 6.10 Å². The molecule has 1 atom stereocenters. The van der Waals surface area contributed by atoms with Gasteiger partial charge in [-0.15, -0.1) is 0 Å². The molecule has 5 nitrogen and oxygen atoms in total. The van der Waals surface area contributed by atoms with Crippen molar-refractivity contribution in [1.29, 1.82) is 0 Å². The molecule has 0 spiro atoms. The quantitative estimate of drug-likeness (QED) is 0.697. The first-order valence-corrected chi connectivity index (χ1v) is 9.25. The van der Waals surface area contributed by atoms with E-state index >= 15 is 0 Å². The predicted octanol–water partition coefficient (Wildman–Crippen LogP) is 3.65. The SMILES string of the molecule is CN(C)c1cccc(C(=O)N2CCOC(c3cc4cc(F)ccc4cn3)C2)c1. The molecule has 0 saturated carbocycles. The van der Waals surface area contributed by atoms with Crippen molar-refractivity contribution in [1.82, 2.24) is 9.88 Å². The number of nitrogens with zero attached hydrogens (tertiary/aromatic N) is 3. The van der Waals surface area contributed by atoms with E-state index in [0.29, 0.717) is 31.0 Å². The average Bonchev–Trinajstić information content (AvgIpc) is 2.72. The van der Waals surface area contributed by atoms with E-state index in [9.17, 15) is 9.18 Å². The van der Waals surface area contributed by atoms with Gasteiger partial charge in [0.1, 0.15) is 11.9 Å². The summed E-state index contributed by atoms with van der Waals surface area (Å²) >= 11 is 0. The number of hydrogen-bond donors (Lipinski definition) is 0. The number of halogens is 1. The number of aromatic nitrogens is 1. The highest BCUT2D eigenvalue weighted by Gasteiger charge is 2.27. The number of fused-ring (bicyclic) bond motifs is 1. The Hall–Kier alpha value is -2.99. The third kappa shape index (κ3) is 3.68. The highest BCUT2D eigenvalue weighted by molar-refractivity contribution is 5.95. The number of benzene rings is 2. The summed E-state index contributed by atoms with van der Waals surface area (Å²) in [6, 6.07) is 14.0. The molecule has 0 N–H and O–H groups in total. The molecule has 0 bridgehead atoms. The van der Waals surface area contributed by atoms with E-state index in [1.165, 1.54) is 12.1 Å².